The topological polar surface area (TPSA) is 51.9 Å². The number of amides is 1. The molecule has 5 heteroatoms. The Labute approximate surface area is 125 Å². The van der Waals surface area contributed by atoms with Crippen molar-refractivity contribution < 1.29 is 18.7 Å². The molecule has 2 atom stereocenters. The number of ether oxygens (including phenoxy) is 2. The Hall–Kier alpha value is -1.33. The van der Waals surface area contributed by atoms with Crippen molar-refractivity contribution in [1.82, 2.24) is 4.90 Å². The van der Waals surface area contributed by atoms with Crippen LogP contribution in [0.3, 0.4) is 0 Å². The lowest BCUT2D eigenvalue weighted by atomic mass is 9.85. The maximum absolute atomic E-state index is 12.4. The van der Waals surface area contributed by atoms with Crippen LogP contribution in [-0.2, 0) is 9.47 Å². The average molecular weight is 293 g/mol. The highest BCUT2D eigenvalue weighted by Crippen LogP contribution is 2.38. The van der Waals surface area contributed by atoms with Crippen molar-refractivity contribution in [3.8, 4) is 0 Å². The molecule has 0 N–H and O–H groups in total. The van der Waals surface area contributed by atoms with E-state index in [0.29, 0.717) is 18.0 Å². The van der Waals surface area contributed by atoms with Gasteiger partial charge in [0, 0.05) is 26.8 Å². The second-order valence-electron chi connectivity index (χ2n) is 6.19. The molecular weight excluding hydrogens is 270 g/mol. The number of piperidine rings is 1. The summed E-state index contributed by atoms with van der Waals surface area (Å²) in [6.07, 6.45) is 7.17. The maximum Gasteiger partial charge on any atom is 0.257 e. The second-order valence-corrected chi connectivity index (χ2v) is 6.19. The Kier molecular flexibility index (Phi) is 4.31. The van der Waals surface area contributed by atoms with Gasteiger partial charge in [0.05, 0.1) is 24.0 Å². The van der Waals surface area contributed by atoms with Gasteiger partial charge in [0.1, 0.15) is 6.26 Å². The monoisotopic (exact) mass is 293 g/mol. The van der Waals surface area contributed by atoms with Crippen molar-refractivity contribution in [2.45, 2.75) is 31.3 Å². The van der Waals surface area contributed by atoms with Gasteiger partial charge in [-0.3, -0.25) is 4.79 Å². The molecule has 2 fully saturated rings. The summed E-state index contributed by atoms with van der Waals surface area (Å²) in [5.74, 6) is 0.598. The first-order valence-corrected chi connectivity index (χ1v) is 7.67. The predicted molar refractivity (Wildman–Crippen MR) is 77.1 cm³/mol. The van der Waals surface area contributed by atoms with Crippen LogP contribution in [0.1, 0.15) is 36.0 Å². The molecule has 2 saturated heterocycles. The number of methoxy groups -OCH3 is 1. The summed E-state index contributed by atoms with van der Waals surface area (Å²) >= 11 is 0. The fraction of sp³-hybridized carbons (Fsp3) is 0.688. The van der Waals surface area contributed by atoms with Gasteiger partial charge in [-0.15, -0.1) is 0 Å². The molecule has 1 amide bonds. The Morgan fingerprint density at radius 2 is 2.48 bits per heavy atom. The van der Waals surface area contributed by atoms with Crippen molar-refractivity contribution >= 4 is 5.91 Å². The van der Waals surface area contributed by atoms with Gasteiger partial charge in [-0.1, -0.05) is 0 Å². The van der Waals surface area contributed by atoms with Gasteiger partial charge in [0.25, 0.3) is 5.91 Å². The molecule has 0 bridgehead atoms. The Morgan fingerprint density at radius 3 is 3.24 bits per heavy atom. The zero-order valence-corrected chi connectivity index (χ0v) is 12.5. The molecule has 0 saturated carbocycles. The molecule has 2 aliphatic heterocycles. The number of rotatable bonds is 4. The highest BCUT2D eigenvalue weighted by molar-refractivity contribution is 5.93. The number of hydrogen-bond donors (Lipinski definition) is 0. The van der Waals surface area contributed by atoms with E-state index in [1.165, 1.54) is 6.26 Å². The van der Waals surface area contributed by atoms with E-state index in [2.05, 4.69) is 0 Å². The van der Waals surface area contributed by atoms with E-state index < -0.39 is 0 Å². The van der Waals surface area contributed by atoms with Crippen LogP contribution in [-0.4, -0.2) is 49.8 Å². The Morgan fingerprint density at radius 1 is 1.57 bits per heavy atom. The fourth-order valence-corrected chi connectivity index (χ4v) is 3.53. The Bertz CT molecular complexity index is 473. The molecule has 3 rings (SSSR count). The molecule has 0 unspecified atom stereocenters. The number of carbonyl (C=O) groups excluding carboxylic acids is 1. The van der Waals surface area contributed by atoms with Crippen LogP contribution in [0.4, 0.5) is 0 Å². The number of furan rings is 1. The predicted octanol–water partition coefficient (Wildman–Crippen LogP) is 2.33. The number of likely N-dealkylation sites (tertiary alicyclic amines) is 1. The van der Waals surface area contributed by atoms with Crippen LogP contribution in [0.5, 0.6) is 0 Å². The molecule has 5 nitrogen and oxygen atoms in total. The first-order chi connectivity index (χ1) is 10.2. The number of carbonyl (C=O) groups is 1. The van der Waals surface area contributed by atoms with Gasteiger partial charge in [0.15, 0.2) is 0 Å². The SMILES string of the molecule is COCC[C@@H]1CO[C@@]2(CCCN(C(=O)c3ccoc3)C2)C1. The molecule has 0 radical (unpaired) electrons. The van der Waals surface area contributed by atoms with Crippen molar-refractivity contribution in [1.29, 1.82) is 0 Å². The van der Waals surface area contributed by atoms with Crippen molar-refractivity contribution in [3.63, 3.8) is 0 Å². The zero-order chi connectivity index (χ0) is 14.7. The first-order valence-electron chi connectivity index (χ1n) is 7.67. The quantitative estimate of drug-likeness (QED) is 0.855. The van der Waals surface area contributed by atoms with Crippen molar-refractivity contribution in [2.24, 2.45) is 5.92 Å². The fourth-order valence-electron chi connectivity index (χ4n) is 3.53. The first kappa shape index (κ1) is 14.6. The van der Waals surface area contributed by atoms with Gasteiger partial charge in [-0.25, -0.2) is 0 Å². The molecule has 0 aromatic carbocycles. The molecule has 21 heavy (non-hydrogen) atoms. The lowest BCUT2D eigenvalue weighted by molar-refractivity contribution is -0.0450. The smallest absolute Gasteiger partial charge is 0.257 e. The van der Waals surface area contributed by atoms with Crippen LogP contribution in [0.15, 0.2) is 23.0 Å². The van der Waals surface area contributed by atoms with Gasteiger partial charge >= 0.3 is 0 Å². The summed E-state index contributed by atoms with van der Waals surface area (Å²) in [6.45, 7) is 3.07. The largest absolute Gasteiger partial charge is 0.472 e. The van der Waals surface area contributed by atoms with E-state index in [-0.39, 0.29) is 11.5 Å². The summed E-state index contributed by atoms with van der Waals surface area (Å²) in [5, 5.41) is 0. The van der Waals surface area contributed by atoms with Crippen LogP contribution in [0, 0.1) is 5.92 Å². The summed E-state index contributed by atoms with van der Waals surface area (Å²) in [4.78, 5) is 14.4. The van der Waals surface area contributed by atoms with Gasteiger partial charge in [-0.2, -0.15) is 0 Å². The van der Waals surface area contributed by atoms with Crippen LogP contribution in [0.25, 0.3) is 0 Å². The minimum atomic E-state index is -0.143. The summed E-state index contributed by atoms with van der Waals surface area (Å²) in [6, 6.07) is 1.72. The van der Waals surface area contributed by atoms with E-state index in [1.54, 1.807) is 19.4 Å². The molecule has 1 aromatic heterocycles. The van der Waals surface area contributed by atoms with E-state index in [0.717, 1.165) is 45.4 Å². The number of hydrogen-bond acceptors (Lipinski definition) is 4. The van der Waals surface area contributed by atoms with E-state index in [4.69, 9.17) is 13.9 Å². The summed E-state index contributed by atoms with van der Waals surface area (Å²) in [7, 11) is 1.73. The lowest BCUT2D eigenvalue weighted by Gasteiger charge is -2.39. The Balaban J connectivity index is 1.62. The normalized spacial score (nSPS) is 29.2. The maximum atomic E-state index is 12.4. The van der Waals surface area contributed by atoms with E-state index in [1.807, 2.05) is 4.90 Å². The summed E-state index contributed by atoms with van der Waals surface area (Å²) in [5.41, 5.74) is 0.483. The van der Waals surface area contributed by atoms with E-state index in [9.17, 15) is 4.79 Å². The average Bonchev–Trinajstić information content (AvgIpc) is 3.15. The third-order valence-corrected chi connectivity index (χ3v) is 4.61. The zero-order valence-electron chi connectivity index (χ0n) is 12.5. The number of nitrogens with zero attached hydrogens (tertiary/aromatic N) is 1. The molecule has 2 aliphatic rings. The standard InChI is InChI=1S/C16H23NO4/c1-19-7-3-13-9-16(21-10-13)5-2-6-17(12-16)15(18)14-4-8-20-11-14/h4,8,11,13H,2-3,5-7,9-10,12H2,1H3/t13-,16-/m0/s1. The van der Waals surface area contributed by atoms with Gasteiger partial charge in [-0.05, 0) is 37.7 Å². The molecule has 1 aromatic rings. The van der Waals surface area contributed by atoms with Crippen molar-refractivity contribution in [3.05, 3.63) is 24.2 Å². The third kappa shape index (κ3) is 3.14. The van der Waals surface area contributed by atoms with Gasteiger partial charge < -0.3 is 18.8 Å². The van der Waals surface area contributed by atoms with E-state index >= 15 is 0 Å². The summed E-state index contributed by atoms with van der Waals surface area (Å²) < 4.78 is 16.3. The van der Waals surface area contributed by atoms with Crippen LogP contribution < -0.4 is 0 Å². The molecule has 3 heterocycles. The third-order valence-electron chi connectivity index (χ3n) is 4.61. The molecule has 1 spiro atoms. The van der Waals surface area contributed by atoms with Crippen molar-refractivity contribution in [2.75, 3.05) is 33.4 Å². The lowest BCUT2D eigenvalue weighted by Crippen LogP contribution is -2.50. The second kappa shape index (κ2) is 6.20. The minimum Gasteiger partial charge on any atom is -0.472 e. The van der Waals surface area contributed by atoms with Gasteiger partial charge in [0.2, 0.25) is 0 Å². The molecule has 116 valence electrons. The molecular formula is C16H23NO4. The highest BCUT2D eigenvalue weighted by atomic mass is 16.5. The van der Waals surface area contributed by atoms with Crippen LogP contribution >= 0.6 is 0 Å². The molecule has 0 aliphatic carbocycles. The highest BCUT2D eigenvalue weighted by Gasteiger charge is 2.44. The van der Waals surface area contributed by atoms with Crippen LogP contribution in [0.2, 0.25) is 0 Å². The minimum absolute atomic E-state index is 0.0479.